The molecule has 3 rings (SSSR count). The highest BCUT2D eigenvalue weighted by molar-refractivity contribution is 9.10. The van der Waals surface area contributed by atoms with Crippen LogP contribution in [-0.4, -0.2) is 58.7 Å². The van der Waals surface area contributed by atoms with Gasteiger partial charge in [0.2, 0.25) is 5.91 Å². The second-order valence-electron chi connectivity index (χ2n) is 6.00. The molecular formula is C14H19BrF2N4O. The number of likely N-dealkylation sites (N-methyl/N-ethyl adjacent to an activating group) is 1. The number of carbonyl (C=O) groups excluding carboxylic acids is 1. The fourth-order valence-electron chi connectivity index (χ4n) is 2.76. The van der Waals surface area contributed by atoms with Gasteiger partial charge in [0.1, 0.15) is 12.2 Å². The van der Waals surface area contributed by atoms with E-state index in [9.17, 15) is 13.6 Å². The highest BCUT2D eigenvalue weighted by Crippen LogP contribution is 2.45. The van der Waals surface area contributed by atoms with Crippen LogP contribution < -0.4 is 0 Å². The maximum atomic E-state index is 13.0. The Morgan fingerprint density at radius 2 is 1.95 bits per heavy atom. The zero-order chi connectivity index (χ0) is 15.9. The van der Waals surface area contributed by atoms with Crippen molar-refractivity contribution < 1.29 is 13.6 Å². The van der Waals surface area contributed by atoms with Crippen molar-refractivity contribution in [2.24, 2.45) is 0 Å². The molecule has 2 heterocycles. The zero-order valence-corrected chi connectivity index (χ0v) is 14.0. The Morgan fingerprint density at radius 3 is 2.50 bits per heavy atom. The summed E-state index contributed by atoms with van der Waals surface area (Å²) < 4.78 is 27.9. The molecule has 1 amide bonds. The SMILES string of the molecule is CN1CCN(C(=O)Cn2nc(C(F)F)c(Br)c2C2CC2)CC1. The summed E-state index contributed by atoms with van der Waals surface area (Å²) in [7, 11) is 2.02. The smallest absolute Gasteiger partial charge is 0.283 e. The second kappa shape index (κ2) is 6.23. The van der Waals surface area contributed by atoms with Gasteiger partial charge in [-0.2, -0.15) is 5.10 Å². The summed E-state index contributed by atoms with van der Waals surface area (Å²) in [6.45, 7) is 3.08. The van der Waals surface area contributed by atoms with E-state index in [2.05, 4.69) is 25.9 Å². The first-order chi connectivity index (χ1) is 10.5. The van der Waals surface area contributed by atoms with Crippen LogP contribution in [0.1, 0.15) is 36.6 Å². The lowest BCUT2D eigenvalue weighted by molar-refractivity contribution is -0.133. The number of hydrogen-bond donors (Lipinski definition) is 0. The molecular weight excluding hydrogens is 358 g/mol. The first-order valence-corrected chi connectivity index (χ1v) is 8.27. The van der Waals surface area contributed by atoms with Crippen molar-refractivity contribution in [1.82, 2.24) is 19.6 Å². The van der Waals surface area contributed by atoms with Gasteiger partial charge in [0.25, 0.3) is 6.43 Å². The van der Waals surface area contributed by atoms with Crippen LogP contribution in [0.4, 0.5) is 8.78 Å². The monoisotopic (exact) mass is 376 g/mol. The number of halogens is 3. The number of rotatable bonds is 4. The molecule has 22 heavy (non-hydrogen) atoms. The average molecular weight is 377 g/mol. The number of nitrogens with zero attached hydrogens (tertiary/aromatic N) is 4. The van der Waals surface area contributed by atoms with Crippen LogP contribution in [0.25, 0.3) is 0 Å². The van der Waals surface area contributed by atoms with Gasteiger partial charge in [0.05, 0.1) is 10.2 Å². The van der Waals surface area contributed by atoms with Crippen LogP contribution in [0.3, 0.4) is 0 Å². The van der Waals surface area contributed by atoms with Crippen LogP contribution in [0, 0.1) is 0 Å². The molecule has 1 aliphatic heterocycles. The van der Waals surface area contributed by atoms with E-state index in [4.69, 9.17) is 0 Å². The van der Waals surface area contributed by atoms with Gasteiger partial charge < -0.3 is 9.80 Å². The molecule has 1 aromatic heterocycles. The number of aromatic nitrogens is 2. The largest absolute Gasteiger partial charge is 0.339 e. The molecule has 1 aromatic rings. The van der Waals surface area contributed by atoms with Gasteiger partial charge in [-0.3, -0.25) is 9.48 Å². The number of alkyl halides is 2. The first-order valence-electron chi connectivity index (χ1n) is 7.48. The average Bonchev–Trinajstić information content (AvgIpc) is 3.24. The molecule has 0 bridgehead atoms. The normalized spacial score (nSPS) is 20.0. The minimum absolute atomic E-state index is 0.0425. The van der Waals surface area contributed by atoms with Crippen LogP contribution >= 0.6 is 15.9 Å². The van der Waals surface area contributed by atoms with Gasteiger partial charge in [-0.1, -0.05) is 0 Å². The van der Waals surface area contributed by atoms with Crippen molar-refractivity contribution in [3.63, 3.8) is 0 Å². The fourth-order valence-corrected chi connectivity index (χ4v) is 3.54. The maximum Gasteiger partial charge on any atom is 0.283 e. The molecule has 2 fully saturated rings. The predicted octanol–water partition coefficient (Wildman–Crippen LogP) is 2.23. The second-order valence-corrected chi connectivity index (χ2v) is 6.79. The van der Waals surface area contributed by atoms with Gasteiger partial charge >= 0.3 is 0 Å². The van der Waals surface area contributed by atoms with E-state index < -0.39 is 6.43 Å². The van der Waals surface area contributed by atoms with Gasteiger partial charge in [-0.05, 0) is 35.8 Å². The molecule has 0 radical (unpaired) electrons. The summed E-state index contributed by atoms with van der Waals surface area (Å²) in [6, 6.07) is 0. The number of piperazine rings is 1. The summed E-state index contributed by atoms with van der Waals surface area (Å²) in [4.78, 5) is 16.4. The molecule has 0 unspecified atom stereocenters. The van der Waals surface area contributed by atoms with E-state index in [1.54, 1.807) is 4.90 Å². The fraction of sp³-hybridized carbons (Fsp3) is 0.714. The first kappa shape index (κ1) is 15.9. The molecule has 0 atom stereocenters. The minimum atomic E-state index is -2.63. The molecule has 8 heteroatoms. The lowest BCUT2D eigenvalue weighted by Gasteiger charge is -2.32. The van der Waals surface area contributed by atoms with Gasteiger partial charge in [0.15, 0.2) is 0 Å². The lowest BCUT2D eigenvalue weighted by atomic mass is 10.2. The molecule has 2 aliphatic rings. The summed E-state index contributed by atoms with van der Waals surface area (Å²) in [5.74, 6) is 0.195. The molecule has 1 saturated heterocycles. The molecule has 1 aliphatic carbocycles. The lowest BCUT2D eigenvalue weighted by Crippen LogP contribution is -2.48. The summed E-state index contributed by atoms with van der Waals surface area (Å²) in [5.41, 5.74) is 0.492. The number of amides is 1. The number of carbonyl (C=O) groups is 1. The third-order valence-electron chi connectivity index (χ3n) is 4.27. The van der Waals surface area contributed by atoms with Crippen LogP contribution in [0.15, 0.2) is 4.47 Å². The van der Waals surface area contributed by atoms with Crippen molar-refractivity contribution in [3.05, 3.63) is 15.9 Å². The molecule has 1 saturated carbocycles. The Balaban J connectivity index is 1.76. The van der Waals surface area contributed by atoms with E-state index in [1.807, 2.05) is 7.05 Å². The third-order valence-corrected chi connectivity index (χ3v) is 5.08. The van der Waals surface area contributed by atoms with Crippen molar-refractivity contribution in [2.75, 3.05) is 33.2 Å². The summed E-state index contributed by atoms with van der Waals surface area (Å²) in [5, 5.41) is 3.98. The van der Waals surface area contributed by atoms with Crippen molar-refractivity contribution in [3.8, 4) is 0 Å². The van der Waals surface area contributed by atoms with Crippen molar-refractivity contribution in [2.45, 2.75) is 31.7 Å². The van der Waals surface area contributed by atoms with Gasteiger partial charge in [0, 0.05) is 32.1 Å². The Bertz CT molecular complexity index is 565. The van der Waals surface area contributed by atoms with E-state index in [1.165, 1.54) is 4.68 Å². The van der Waals surface area contributed by atoms with Crippen LogP contribution in [-0.2, 0) is 11.3 Å². The van der Waals surface area contributed by atoms with E-state index in [-0.39, 0.29) is 24.1 Å². The standard InChI is InChI=1S/C14H19BrF2N4O/c1-19-4-6-20(7-5-19)10(22)8-21-13(9-2-3-9)11(15)12(18-21)14(16)17/h9,14H,2-8H2,1H3. The predicted molar refractivity (Wildman–Crippen MR) is 80.9 cm³/mol. The van der Waals surface area contributed by atoms with Gasteiger partial charge in [-0.15, -0.1) is 0 Å². The van der Waals surface area contributed by atoms with Crippen molar-refractivity contribution in [1.29, 1.82) is 0 Å². The molecule has 5 nitrogen and oxygen atoms in total. The summed E-state index contributed by atoms with van der Waals surface area (Å²) in [6.07, 6.45) is -0.697. The highest BCUT2D eigenvalue weighted by Gasteiger charge is 2.34. The topological polar surface area (TPSA) is 41.4 Å². The quantitative estimate of drug-likeness (QED) is 0.808. The van der Waals surface area contributed by atoms with E-state index in [0.717, 1.165) is 31.6 Å². The summed E-state index contributed by atoms with van der Waals surface area (Å²) >= 11 is 3.24. The Morgan fingerprint density at radius 1 is 1.32 bits per heavy atom. The Labute approximate surface area is 136 Å². The molecule has 0 aromatic carbocycles. The van der Waals surface area contributed by atoms with Crippen LogP contribution in [0.5, 0.6) is 0 Å². The third kappa shape index (κ3) is 3.17. The molecule has 122 valence electrons. The Kier molecular flexibility index (Phi) is 4.49. The molecule has 0 N–H and O–H groups in total. The maximum absolute atomic E-state index is 13.0. The minimum Gasteiger partial charge on any atom is -0.339 e. The molecule has 0 spiro atoms. The van der Waals surface area contributed by atoms with E-state index in [0.29, 0.717) is 17.6 Å². The van der Waals surface area contributed by atoms with Gasteiger partial charge in [-0.25, -0.2) is 8.78 Å². The van der Waals surface area contributed by atoms with Crippen molar-refractivity contribution >= 4 is 21.8 Å². The Hall–Kier alpha value is -1.02. The number of hydrogen-bond acceptors (Lipinski definition) is 3. The van der Waals surface area contributed by atoms with Crippen LogP contribution in [0.2, 0.25) is 0 Å². The highest BCUT2D eigenvalue weighted by atomic mass is 79.9. The van der Waals surface area contributed by atoms with E-state index >= 15 is 0 Å². The zero-order valence-electron chi connectivity index (χ0n) is 12.4.